The highest BCUT2D eigenvalue weighted by Crippen LogP contribution is 2.29. The molecule has 2 heterocycles. The first kappa shape index (κ1) is 17.7. The van der Waals surface area contributed by atoms with E-state index in [1.807, 2.05) is 13.0 Å². The van der Waals surface area contributed by atoms with E-state index in [1.54, 1.807) is 6.07 Å². The van der Waals surface area contributed by atoms with E-state index in [-0.39, 0.29) is 17.4 Å². The first-order chi connectivity index (χ1) is 10.7. The van der Waals surface area contributed by atoms with Gasteiger partial charge in [-0.2, -0.15) is 10.2 Å². The van der Waals surface area contributed by atoms with Gasteiger partial charge in [0.15, 0.2) is 0 Å². The maximum atomic E-state index is 10.8. The lowest BCUT2D eigenvalue weighted by Gasteiger charge is -2.31. The fourth-order valence-corrected chi connectivity index (χ4v) is 2.31. The molecule has 1 aromatic heterocycles. The maximum Gasteiger partial charge on any atom is 0.235 e. The Hall–Kier alpha value is -2.33. The van der Waals surface area contributed by atoms with E-state index in [1.165, 1.54) is 7.05 Å². The molecule has 7 nitrogen and oxygen atoms in total. The fourth-order valence-electron chi connectivity index (χ4n) is 2.31. The van der Waals surface area contributed by atoms with Gasteiger partial charge in [0, 0.05) is 25.1 Å². The number of ether oxygens (including phenoxy) is 1. The third-order valence-electron chi connectivity index (χ3n) is 3.45. The summed E-state index contributed by atoms with van der Waals surface area (Å²) in [7, 11) is 1.50. The molecule has 1 aliphatic rings. The van der Waals surface area contributed by atoms with Gasteiger partial charge in [-0.15, -0.1) is 0 Å². The van der Waals surface area contributed by atoms with E-state index in [0.29, 0.717) is 18.1 Å². The van der Waals surface area contributed by atoms with Crippen LogP contribution in [0.2, 0.25) is 0 Å². The molecule has 0 aliphatic carbocycles. The quantitative estimate of drug-likeness (QED) is 0.794. The molecule has 1 aromatic rings. The number of hydrogen-bond donors (Lipinski definition) is 2. The molecule has 1 fully saturated rings. The number of nitriles is 1. The number of nitrogens with two attached hydrogens (primary N) is 2. The second-order valence-electron chi connectivity index (χ2n) is 4.76. The highest BCUT2D eigenvalue weighted by atomic mass is 16.5. The average Bonchev–Trinajstić information content (AvgIpc) is 2.57. The number of anilines is 2. The van der Waals surface area contributed by atoms with Crippen molar-refractivity contribution in [3.8, 4) is 11.9 Å². The van der Waals surface area contributed by atoms with Crippen molar-refractivity contribution in [1.82, 2.24) is 4.98 Å². The number of nitrogen functional groups attached to an aromatic ring is 1. The predicted molar refractivity (Wildman–Crippen MR) is 85.6 cm³/mol. The molecule has 120 valence electrons. The molecule has 22 heavy (non-hydrogen) atoms. The summed E-state index contributed by atoms with van der Waals surface area (Å²) in [6.45, 7) is 3.78. The van der Waals surface area contributed by atoms with Gasteiger partial charge in [-0.3, -0.25) is 0 Å². The predicted octanol–water partition coefficient (Wildman–Crippen LogP) is 0.924. The Labute approximate surface area is 130 Å². The van der Waals surface area contributed by atoms with Gasteiger partial charge in [0.25, 0.3) is 0 Å². The van der Waals surface area contributed by atoms with E-state index in [9.17, 15) is 4.79 Å². The van der Waals surface area contributed by atoms with Crippen LogP contribution in [-0.2, 0) is 4.79 Å². The molecular formula is C15H23N5O2. The number of aromatic nitrogens is 1. The number of piperidine rings is 1. The third-order valence-corrected chi connectivity index (χ3v) is 3.45. The Kier molecular flexibility index (Phi) is 7.13. The molecule has 0 saturated carbocycles. The van der Waals surface area contributed by atoms with Crippen LogP contribution in [0.3, 0.4) is 0 Å². The van der Waals surface area contributed by atoms with Crippen molar-refractivity contribution in [3.63, 3.8) is 0 Å². The third kappa shape index (κ3) is 4.09. The van der Waals surface area contributed by atoms with Crippen LogP contribution >= 0.6 is 0 Å². The Morgan fingerprint density at radius 1 is 1.50 bits per heavy atom. The van der Waals surface area contributed by atoms with Gasteiger partial charge in [-0.1, -0.05) is 0 Å². The van der Waals surface area contributed by atoms with Gasteiger partial charge in [-0.25, -0.2) is 0 Å². The minimum atomic E-state index is 0.133. The van der Waals surface area contributed by atoms with Gasteiger partial charge in [-0.05, 0) is 26.8 Å². The Balaban J connectivity index is 0.00000116. The molecule has 2 rings (SSSR count). The number of rotatable bonds is 4. The highest BCUT2D eigenvalue weighted by molar-refractivity contribution is 5.65. The van der Waals surface area contributed by atoms with Crippen molar-refractivity contribution in [2.75, 3.05) is 37.4 Å². The second-order valence-corrected chi connectivity index (χ2v) is 4.76. The van der Waals surface area contributed by atoms with Crippen molar-refractivity contribution >= 4 is 17.8 Å². The molecule has 0 aromatic carbocycles. The van der Waals surface area contributed by atoms with Crippen molar-refractivity contribution in [1.29, 1.82) is 5.26 Å². The highest BCUT2D eigenvalue weighted by Gasteiger charge is 2.21. The molecule has 0 spiro atoms. The van der Waals surface area contributed by atoms with Gasteiger partial charge in [0.1, 0.15) is 23.7 Å². The van der Waals surface area contributed by atoms with Crippen molar-refractivity contribution in [2.24, 2.45) is 11.7 Å². The number of nitrogens with zero attached hydrogens (tertiary/aromatic N) is 3. The summed E-state index contributed by atoms with van der Waals surface area (Å²) in [6.07, 6.45) is 2.65. The summed E-state index contributed by atoms with van der Waals surface area (Å²) in [5.41, 5.74) is 11.0. The molecule has 0 atom stereocenters. The van der Waals surface area contributed by atoms with E-state index in [0.717, 1.165) is 32.2 Å². The standard InChI is InChI=1S/C14H18N4O2.CH5N/c1-2-20-14-11(8-15)12(16)7-13(17-14)18-5-3-10(9-19)4-6-18;1-2/h7,9-10H,2-6H2,1H3,(H2,16,17);2H2,1H3. The number of carbonyl (C=O) groups is 1. The zero-order valence-electron chi connectivity index (χ0n) is 13.1. The minimum Gasteiger partial charge on any atom is -0.477 e. The van der Waals surface area contributed by atoms with Gasteiger partial charge >= 0.3 is 0 Å². The van der Waals surface area contributed by atoms with Crippen LogP contribution < -0.4 is 21.1 Å². The monoisotopic (exact) mass is 305 g/mol. The first-order valence-electron chi connectivity index (χ1n) is 7.31. The summed E-state index contributed by atoms with van der Waals surface area (Å²) in [5, 5.41) is 9.09. The van der Waals surface area contributed by atoms with Gasteiger partial charge in [0.05, 0.1) is 12.3 Å². The molecule has 4 N–H and O–H groups in total. The molecule has 0 radical (unpaired) electrons. The van der Waals surface area contributed by atoms with Crippen LogP contribution in [0.1, 0.15) is 25.3 Å². The molecule has 0 amide bonds. The van der Waals surface area contributed by atoms with Crippen LogP contribution in [0.25, 0.3) is 0 Å². The summed E-state index contributed by atoms with van der Waals surface area (Å²) >= 11 is 0. The van der Waals surface area contributed by atoms with Gasteiger partial charge < -0.3 is 25.9 Å². The largest absolute Gasteiger partial charge is 0.477 e. The van der Waals surface area contributed by atoms with E-state index >= 15 is 0 Å². The number of aldehydes is 1. The Bertz CT molecular complexity index is 533. The fraction of sp³-hybridized carbons (Fsp3) is 0.533. The van der Waals surface area contributed by atoms with Crippen molar-refractivity contribution in [2.45, 2.75) is 19.8 Å². The Morgan fingerprint density at radius 2 is 2.14 bits per heavy atom. The van der Waals surface area contributed by atoms with Gasteiger partial charge in [0.2, 0.25) is 5.88 Å². The lowest BCUT2D eigenvalue weighted by atomic mass is 9.98. The SMILES string of the molecule is CCOc1nc(N2CCC(C=O)CC2)cc(N)c1C#N.CN. The first-order valence-corrected chi connectivity index (χ1v) is 7.31. The van der Waals surface area contributed by atoms with E-state index < -0.39 is 0 Å². The van der Waals surface area contributed by atoms with Crippen LogP contribution in [0, 0.1) is 17.2 Å². The zero-order valence-corrected chi connectivity index (χ0v) is 13.1. The summed E-state index contributed by atoms with van der Waals surface area (Å²) in [4.78, 5) is 17.2. The van der Waals surface area contributed by atoms with E-state index in [2.05, 4.69) is 15.6 Å². The lowest BCUT2D eigenvalue weighted by Crippen LogP contribution is -2.34. The molecule has 1 saturated heterocycles. The number of pyridine rings is 1. The number of carbonyl (C=O) groups excluding carboxylic acids is 1. The molecule has 7 heteroatoms. The normalized spacial score (nSPS) is 14.5. The van der Waals surface area contributed by atoms with Crippen LogP contribution in [-0.4, -0.2) is 38.0 Å². The topological polar surface area (TPSA) is 118 Å². The molecule has 0 unspecified atom stereocenters. The minimum absolute atomic E-state index is 0.133. The molecular weight excluding hydrogens is 282 g/mol. The number of hydrogen-bond acceptors (Lipinski definition) is 7. The van der Waals surface area contributed by atoms with Crippen LogP contribution in [0.15, 0.2) is 6.07 Å². The molecule has 0 bridgehead atoms. The van der Waals surface area contributed by atoms with Crippen LogP contribution in [0.4, 0.5) is 11.5 Å². The summed E-state index contributed by atoms with van der Waals surface area (Å²) in [5.74, 6) is 1.12. The van der Waals surface area contributed by atoms with E-state index in [4.69, 9.17) is 15.7 Å². The Morgan fingerprint density at radius 3 is 2.64 bits per heavy atom. The zero-order chi connectivity index (χ0) is 16.5. The lowest BCUT2D eigenvalue weighted by molar-refractivity contribution is -0.111. The molecule has 1 aliphatic heterocycles. The summed E-state index contributed by atoms with van der Waals surface area (Å²) in [6, 6.07) is 3.71. The smallest absolute Gasteiger partial charge is 0.235 e. The average molecular weight is 305 g/mol. The summed E-state index contributed by atoms with van der Waals surface area (Å²) < 4.78 is 5.39. The van der Waals surface area contributed by atoms with Crippen molar-refractivity contribution in [3.05, 3.63) is 11.6 Å². The maximum absolute atomic E-state index is 10.8. The second kappa shape index (κ2) is 8.85. The van der Waals surface area contributed by atoms with Crippen molar-refractivity contribution < 1.29 is 9.53 Å². The van der Waals surface area contributed by atoms with Crippen LogP contribution in [0.5, 0.6) is 5.88 Å².